The molecule has 0 spiro atoms. The van der Waals surface area contributed by atoms with E-state index in [9.17, 15) is 4.39 Å². The van der Waals surface area contributed by atoms with Crippen LogP contribution in [0.4, 0.5) is 4.39 Å². The predicted molar refractivity (Wildman–Crippen MR) is 148 cm³/mol. The lowest BCUT2D eigenvalue weighted by atomic mass is 9.86. The van der Waals surface area contributed by atoms with Crippen LogP contribution in [0.1, 0.15) is 31.9 Å². The fraction of sp³-hybridized carbons (Fsp3) is 0.182. The van der Waals surface area contributed by atoms with Crippen LogP contribution in [-0.2, 0) is 6.42 Å². The molecule has 178 valence electrons. The topological polar surface area (TPSA) is 26.0 Å². The van der Waals surface area contributed by atoms with Crippen molar-refractivity contribution >= 4 is 32.7 Å². The van der Waals surface area contributed by atoms with Crippen LogP contribution in [0.3, 0.4) is 0 Å². The van der Waals surface area contributed by atoms with Crippen molar-refractivity contribution in [2.75, 3.05) is 0 Å². The molecule has 0 radical (unpaired) electrons. The predicted octanol–water partition coefficient (Wildman–Crippen LogP) is 9.50. The van der Waals surface area contributed by atoms with Crippen LogP contribution in [0.25, 0.3) is 55.1 Å². The minimum absolute atomic E-state index is 0.204. The molecule has 0 unspecified atom stereocenters. The van der Waals surface area contributed by atoms with Crippen LogP contribution < -0.4 is 0 Å². The molecule has 0 aliphatic carbocycles. The minimum atomic E-state index is -0.235. The highest BCUT2D eigenvalue weighted by atomic mass is 19.1. The lowest BCUT2D eigenvalue weighted by molar-refractivity contribution is 0.410. The average Bonchev–Trinajstić information content (AvgIpc) is 3.23. The Bertz CT molecular complexity index is 1750. The van der Waals surface area contributed by atoms with Crippen molar-refractivity contribution in [1.29, 1.82) is 0 Å². The summed E-state index contributed by atoms with van der Waals surface area (Å²) < 4.78 is 20.1. The molecule has 3 heteroatoms. The van der Waals surface area contributed by atoms with E-state index in [0.717, 1.165) is 61.5 Å². The smallest absolute Gasteiger partial charge is 0.143 e. The second-order valence-corrected chi connectivity index (χ2v) is 10.9. The Hall–Kier alpha value is -3.98. The highest BCUT2D eigenvalue weighted by molar-refractivity contribution is 6.19. The van der Waals surface area contributed by atoms with E-state index >= 15 is 0 Å². The number of furan rings is 1. The summed E-state index contributed by atoms with van der Waals surface area (Å²) in [5.41, 5.74) is 8.50. The lowest BCUT2D eigenvalue weighted by Gasteiger charge is -2.20. The SMILES string of the molecule is Cc1cnc(-c2ccc3c(c2)oc2c4ccccc4c(-c4ccc(F)cc4)cc32)cc1CC(C)(C)C. The van der Waals surface area contributed by atoms with Crippen molar-refractivity contribution < 1.29 is 8.81 Å². The van der Waals surface area contributed by atoms with Crippen LogP contribution in [0.15, 0.2) is 89.5 Å². The quantitative estimate of drug-likeness (QED) is 0.256. The van der Waals surface area contributed by atoms with Gasteiger partial charge in [0.25, 0.3) is 0 Å². The van der Waals surface area contributed by atoms with E-state index in [0.29, 0.717) is 0 Å². The molecule has 0 bridgehead atoms. The molecule has 0 saturated carbocycles. The standard InChI is InChI=1S/C33H28FNO/c1-20-19-35-30(15-23(20)18-33(2,3)4)22-11-14-26-29-17-28(21-9-12-24(34)13-10-21)25-7-5-6-8-27(25)32(29)36-31(26)16-22/h5-17,19H,18H2,1-4H3. The van der Waals surface area contributed by atoms with Gasteiger partial charge in [-0.05, 0) is 82.8 Å². The van der Waals surface area contributed by atoms with E-state index in [2.05, 4.69) is 70.2 Å². The third-order valence-electron chi connectivity index (χ3n) is 6.87. The molecule has 0 aliphatic rings. The molecule has 0 fully saturated rings. The Labute approximate surface area is 210 Å². The summed E-state index contributed by atoms with van der Waals surface area (Å²) in [7, 11) is 0. The van der Waals surface area contributed by atoms with Gasteiger partial charge >= 0.3 is 0 Å². The average molecular weight is 474 g/mol. The summed E-state index contributed by atoms with van der Waals surface area (Å²) >= 11 is 0. The van der Waals surface area contributed by atoms with Crippen LogP contribution in [0.2, 0.25) is 0 Å². The molecule has 0 atom stereocenters. The van der Waals surface area contributed by atoms with Gasteiger partial charge in [0.05, 0.1) is 5.69 Å². The number of benzene rings is 4. The number of hydrogen-bond donors (Lipinski definition) is 0. The second-order valence-electron chi connectivity index (χ2n) is 10.9. The van der Waals surface area contributed by atoms with Gasteiger partial charge in [-0.1, -0.05) is 63.2 Å². The van der Waals surface area contributed by atoms with Gasteiger partial charge in [0.15, 0.2) is 0 Å². The van der Waals surface area contributed by atoms with Crippen LogP contribution in [-0.4, -0.2) is 4.98 Å². The van der Waals surface area contributed by atoms with E-state index in [4.69, 9.17) is 9.40 Å². The summed E-state index contributed by atoms with van der Waals surface area (Å²) in [5, 5.41) is 4.25. The van der Waals surface area contributed by atoms with Crippen molar-refractivity contribution in [3.63, 3.8) is 0 Å². The van der Waals surface area contributed by atoms with E-state index in [-0.39, 0.29) is 11.2 Å². The molecule has 0 aliphatic heterocycles. The Morgan fingerprint density at radius 1 is 0.778 bits per heavy atom. The summed E-state index contributed by atoms with van der Waals surface area (Å²) in [5.74, 6) is -0.235. The van der Waals surface area contributed by atoms with Crippen molar-refractivity contribution in [2.24, 2.45) is 5.41 Å². The number of aromatic nitrogens is 1. The second kappa shape index (κ2) is 8.30. The van der Waals surface area contributed by atoms with Gasteiger partial charge in [-0.3, -0.25) is 4.98 Å². The Kier molecular flexibility index (Phi) is 5.19. The molecule has 2 nitrogen and oxygen atoms in total. The first-order valence-corrected chi connectivity index (χ1v) is 12.4. The molecule has 6 aromatic rings. The zero-order chi connectivity index (χ0) is 25.0. The largest absolute Gasteiger partial charge is 0.455 e. The molecule has 0 N–H and O–H groups in total. The lowest BCUT2D eigenvalue weighted by Crippen LogP contribution is -2.10. The van der Waals surface area contributed by atoms with Crippen LogP contribution >= 0.6 is 0 Å². The summed E-state index contributed by atoms with van der Waals surface area (Å²) in [6.07, 6.45) is 2.97. The first-order valence-electron chi connectivity index (χ1n) is 12.4. The molecule has 2 heterocycles. The number of hydrogen-bond acceptors (Lipinski definition) is 2. The van der Waals surface area contributed by atoms with E-state index in [1.807, 2.05) is 30.5 Å². The highest BCUT2D eigenvalue weighted by Crippen LogP contribution is 2.40. The number of pyridine rings is 1. The molecular weight excluding hydrogens is 445 g/mol. The number of aryl methyl sites for hydroxylation is 1. The zero-order valence-corrected chi connectivity index (χ0v) is 21.0. The number of rotatable bonds is 3. The van der Waals surface area contributed by atoms with Crippen molar-refractivity contribution in [2.45, 2.75) is 34.1 Å². The third-order valence-corrected chi connectivity index (χ3v) is 6.87. The molecule has 36 heavy (non-hydrogen) atoms. The van der Waals surface area contributed by atoms with E-state index < -0.39 is 0 Å². The Morgan fingerprint density at radius 3 is 2.25 bits per heavy atom. The van der Waals surface area contributed by atoms with Crippen LogP contribution in [0, 0.1) is 18.2 Å². The normalized spacial score (nSPS) is 12.1. The van der Waals surface area contributed by atoms with Gasteiger partial charge in [0, 0.05) is 27.9 Å². The van der Waals surface area contributed by atoms with Gasteiger partial charge in [0.2, 0.25) is 0 Å². The van der Waals surface area contributed by atoms with Gasteiger partial charge in [-0.2, -0.15) is 0 Å². The fourth-order valence-electron chi connectivity index (χ4n) is 5.11. The number of fused-ring (bicyclic) bond motifs is 5. The van der Waals surface area contributed by atoms with Gasteiger partial charge in [0.1, 0.15) is 17.0 Å². The van der Waals surface area contributed by atoms with Gasteiger partial charge in [-0.15, -0.1) is 0 Å². The molecule has 2 aromatic heterocycles. The molecule has 4 aromatic carbocycles. The monoisotopic (exact) mass is 473 g/mol. The maximum Gasteiger partial charge on any atom is 0.143 e. The first kappa shape index (κ1) is 22.5. The summed E-state index contributed by atoms with van der Waals surface area (Å²) in [6, 6.07) is 25.7. The Balaban J connectivity index is 1.54. The van der Waals surface area contributed by atoms with E-state index in [1.165, 1.54) is 23.3 Å². The first-order chi connectivity index (χ1) is 17.3. The maximum atomic E-state index is 13.6. The zero-order valence-electron chi connectivity index (χ0n) is 21.0. The molecule has 0 saturated heterocycles. The number of halogens is 1. The number of nitrogens with zero attached hydrogens (tertiary/aromatic N) is 1. The van der Waals surface area contributed by atoms with Gasteiger partial charge in [-0.25, -0.2) is 4.39 Å². The minimum Gasteiger partial charge on any atom is -0.455 e. The Morgan fingerprint density at radius 2 is 1.50 bits per heavy atom. The highest BCUT2D eigenvalue weighted by Gasteiger charge is 2.17. The summed E-state index contributed by atoms with van der Waals surface area (Å²) in [4.78, 5) is 4.74. The molecule has 0 amide bonds. The summed E-state index contributed by atoms with van der Waals surface area (Å²) in [6.45, 7) is 8.91. The fourth-order valence-corrected chi connectivity index (χ4v) is 5.11. The van der Waals surface area contributed by atoms with Crippen molar-refractivity contribution in [1.82, 2.24) is 4.98 Å². The molecular formula is C33H28FNO. The van der Waals surface area contributed by atoms with Crippen LogP contribution in [0.5, 0.6) is 0 Å². The van der Waals surface area contributed by atoms with Crippen molar-refractivity contribution in [3.05, 3.63) is 102 Å². The maximum absolute atomic E-state index is 13.6. The van der Waals surface area contributed by atoms with Crippen molar-refractivity contribution in [3.8, 4) is 22.4 Å². The van der Waals surface area contributed by atoms with E-state index in [1.54, 1.807) is 0 Å². The van der Waals surface area contributed by atoms with Gasteiger partial charge < -0.3 is 4.42 Å². The molecule has 6 rings (SSSR count). The third kappa shape index (κ3) is 3.95.